The van der Waals surface area contributed by atoms with Gasteiger partial charge in [0, 0.05) is 30.5 Å². The Bertz CT molecular complexity index is 1470. The van der Waals surface area contributed by atoms with Crippen LogP contribution in [-0.4, -0.2) is 46.9 Å². The molecule has 0 spiro atoms. The summed E-state index contributed by atoms with van der Waals surface area (Å²) in [5.41, 5.74) is 4.32. The number of carbonyl (C=O) groups excluding carboxylic acids is 1. The van der Waals surface area contributed by atoms with E-state index in [2.05, 4.69) is 17.2 Å². The minimum absolute atomic E-state index is 0.284. The maximum atomic E-state index is 12.8. The van der Waals surface area contributed by atoms with Gasteiger partial charge in [0.25, 0.3) is 0 Å². The molecular weight excluding hydrogens is 562 g/mol. The highest BCUT2D eigenvalue weighted by Gasteiger charge is 2.15. The summed E-state index contributed by atoms with van der Waals surface area (Å²) in [6.07, 6.45) is 8.86. The molecule has 1 amide bonds. The fraction of sp³-hybridized carbons (Fsp3) is 0.294. The zero-order valence-corrected chi connectivity index (χ0v) is 25.8. The van der Waals surface area contributed by atoms with Crippen LogP contribution in [-0.2, 0) is 33.0 Å². The second-order valence-electron chi connectivity index (χ2n) is 9.80. The number of aromatic nitrogens is 2. The zero-order chi connectivity index (χ0) is 30.4. The SMILES string of the molecule is CCCCOCCOc1ccc(-c2ccc(OC)c(/C=C/C(=O)Nc3ccc([S@+]([O-])Cc4cncn4CC)cc3)c2)cc1. The lowest BCUT2D eigenvalue weighted by Gasteiger charge is -2.12. The van der Waals surface area contributed by atoms with E-state index in [0.717, 1.165) is 54.1 Å². The number of benzene rings is 3. The fourth-order valence-electron chi connectivity index (χ4n) is 4.36. The van der Waals surface area contributed by atoms with Gasteiger partial charge in [0.1, 0.15) is 18.1 Å². The third-order valence-electron chi connectivity index (χ3n) is 6.77. The summed E-state index contributed by atoms with van der Waals surface area (Å²) in [4.78, 5) is 17.5. The first-order chi connectivity index (χ1) is 21.0. The predicted octanol–water partition coefficient (Wildman–Crippen LogP) is 6.73. The molecule has 0 unspecified atom stereocenters. The summed E-state index contributed by atoms with van der Waals surface area (Å²) in [5.74, 6) is 1.55. The Balaban J connectivity index is 1.34. The van der Waals surface area contributed by atoms with E-state index in [9.17, 15) is 9.35 Å². The average molecular weight is 602 g/mol. The van der Waals surface area contributed by atoms with Crippen LogP contribution in [0.15, 0.2) is 90.2 Å². The molecule has 9 heteroatoms. The number of methoxy groups -OCH3 is 1. The van der Waals surface area contributed by atoms with Crippen LogP contribution in [0.4, 0.5) is 5.69 Å². The number of hydrogen-bond acceptors (Lipinski definition) is 6. The first kappa shape index (κ1) is 31.9. The number of rotatable bonds is 16. The van der Waals surface area contributed by atoms with Crippen molar-refractivity contribution in [3.63, 3.8) is 0 Å². The van der Waals surface area contributed by atoms with Crippen molar-refractivity contribution in [1.29, 1.82) is 0 Å². The monoisotopic (exact) mass is 601 g/mol. The van der Waals surface area contributed by atoms with Gasteiger partial charge in [0.2, 0.25) is 5.91 Å². The van der Waals surface area contributed by atoms with Crippen molar-refractivity contribution in [1.82, 2.24) is 9.55 Å². The number of aryl methyl sites for hydroxylation is 1. The van der Waals surface area contributed by atoms with Gasteiger partial charge in [0.05, 0.1) is 31.9 Å². The third-order valence-corrected chi connectivity index (χ3v) is 8.13. The largest absolute Gasteiger partial charge is 0.611 e. The summed E-state index contributed by atoms with van der Waals surface area (Å²) < 4.78 is 31.6. The second kappa shape index (κ2) is 16.6. The van der Waals surface area contributed by atoms with Gasteiger partial charge < -0.3 is 28.6 Å². The molecule has 8 nitrogen and oxygen atoms in total. The topological polar surface area (TPSA) is 97.7 Å². The Hall–Kier alpha value is -4.05. The number of carbonyl (C=O) groups is 1. The number of hydrogen-bond donors (Lipinski definition) is 1. The molecule has 0 fully saturated rings. The smallest absolute Gasteiger partial charge is 0.248 e. The lowest BCUT2D eigenvalue weighted by molar-refractivity contribution is -0.111. The Morgan fingerprint density at radius 1 is 1.00 bits per heavy atom. The van der Waals surface area contributed by atoms with E-state index < -0.39 is 11.2 Å². The molecule has 0 radical (unpaired) electrons. The second-order valence-corrected chi connectivity index (χ2v) is 11.3. The average Bonchev–Trinajstić information content (AvgIpc) is 3.49. The molecular formula is C34H39N3O5S. The first-order valence-corrected chi connectivity index (χ1v) is 15.8. The van der Waals surface area contributed by atoms with Gasteiger partial charge in [0.15, 0.2) is 10.6 Å². The third kappa shape index (κ3) is 9.47. The highest BCUT2D eigenvalue weighted by Crippen LogP contribution is 2.29. The van der Waals surface area contributed by atoms with Gasteiger partial charge in [-0.25, -0.2) is 4.98 Å². The lowest BCUT2D eigenvalue weighted by atomic mass is 10.0. The van der Waals surface area contributed by atoms with Crippen LogP contribution < -0.4 is 14.8 Å². The molecule has 4 rings (SSSR count). The molecule has 4 aromatic rings. The highest BCUT2D eigenvalue weighted by atomic mass is 32.2. The summed E-state index contributed by atoms with van der Waals surface area (Å²) in [7, 11) is 1.60. The Morgan fingerprint density at radius 2 is 1.77 bits per heavy atom. The van der Waals surface area contributed by atoms with Gasteiger partial charge in [-0.1, -0.05) is 31.5 Å². The maximum absolute atomic E-state index is 12.8. The van der Waals surface area contributed by atoms with Crippen LogP contribution in [0.2, 0.25) is 0 Å². The van der Waals surface area contributed by atoms with Crippen LogP contribution >= 0.6 is 0 Å². The van der Waals surface area contributed by atoms with Crippen molar-refractivity contribution in [2.24, 2.45) is 0 Å². The number of unbranched alkanes of at least 4 members (excludes halogenated alkanes) is 1. The van der Waals surface area contributed by atoms with E-state index in [0.29, 0.717) is 35.3 Å². The maximum Gasteiger partial charge on any atom is 0.248 e. The van der Waals surface area contributed by atoms with Gasteiger partial charge >= 0.3 is 0 Å². The van der Waals surface area contributed by atoms with Gasteiger partial charge in [-0.2, -0.15) is 0 Å². The fourth-order valence-corrected chi connectivity index (χ4v) is 5.48. The number of nitrogens with zero attached hydrogens (tertiary/aromatic N) is 2. The normalized spacial score (nSPS) is 11.9. The van der Waals surface area contributed by atoms with Crippen molar-refractivity contribution < 1.29 is 23.6 Å². The van der Waals surface area contributed by atoms with E-state index >= 15 is 0 Å². The van der Waals surface area contributed by atoms with Crippen molar-refractivity contribution in [2.75, 3.05) is 32.2 Å². The molecule has 1 aromatic heterocycles. The quantitative estimate of drug-likeness (QED) is 0.0869. The van der Waals surface area contributed by atoms with Gasteiger partial charge in [-0.3, -0.25) is 4.79 Å². The Labute approximate surface area is 256 Å². The number of anilines is 1. The molecule has 43 heavy (non-hydrogen) atoms. The number of nitrogens with one attached hydrogen (secondary N) is 1. The number of amides is 1. The minimum atomic E-state index is -1.21. The highest BCUT2D eigenvalue weighted by molar-refractivity contribution is 7.90. The predicted molar refractivity (Wildman–Crippen MR) is 172 cm³/mol. The van der Waals surface area contributed by atoms with Crippen LogP contribution in [0.25, 0.3) is 17.2 Å². The first-order valence-electron chi connectivity index (χ1n) is 14.5. The van der Waals surface area contributed by atoms with Crippen molar-refractivity contribution in [3.8, 4) is 22.6 Å². The van der Waals surface area contributed by atoms with E-state index in [1.54, 1.807) is 50.0 Å². The van der Waals surface area contributed by atoms with Gasteiger partial charge in [-0.15, -0.1) is 0 Å². The Kier molecular flexibility index (Phi) is 12.3. The number of ether oxygens (including phenoxy) is 3. The van der Waals surface area contributed by atoms with Crippen molar-refractivity contribution in [2.45, 2.75) is 43.9 Å². The molecule has 0 aliphatic carbocycles. The number of imidazole rings is 1. The standard InChI is InChI=1S/C34H39N3O5S/c1-4-6-19-41-20-21-42-31-13-7-26(8-14-31)27-9-17-33(40-3)28(22-27)10-18-34(38)36-29-11-15-32(16-12-29)43(39)24-30-23-35-25-37(30)5-2/h7-18,22-23,25H,4-6,19-21,24H2,1-3H3,(H,36,38)/b18-10+/t43-/m1/s1. The molecule has 1 N–H and O–H groups in total. The van der Waals surface area contributed by atoms with Crippen LogP contribution in [0.3, 0.4) is 0 Å². The van der Waals surface area contributed by atoms with Crippen LogP contribution in [0.5, 0.6) is 11.5 Å². The van der Waals surface area contributed by atoms with Crippen molar-refractivity contribution in [3.05, 3.63) is 96.6 Å². The van der Waals surface area contributed by atoms with Gasteiger partial charge in [-0.05, 0) is 90.3 Å². The molecule has 0 bridgehead atoms. The van der Waals surface area contributed by atoms with E-state index in [1.807, 2.05) is 54.0 Å². The van der Waals surface area contributed by atoms with E-state index in [-0.39, 0.29) is 5.91 Å². The summed E-state index contributed by atoms with van der Waals surface area (Å²) in [6, 6.07) is 20.8. The summed E-state index contributed by atoms with van der Waals surface area (Å²) in [5, 5.41) is 2.86. The Morgan fingerprint density at radius 3 is 2.49 bits per heavy atom. The van der Waals surface area contributed by atoms with E-state index in [1.165, 1.54) is 6.08 Å². The molecule has 1 heterocycles. The summed E-state index contributed by atoms with van der Waals surface area (Å²) in [6.45, 7) is 6.79. The van der Waals surface area contributed by atoms with E-state index in [4.69, 9.17) is 14.2 Å². The molecule has 0 aliphatic rings. The summed E-state index contributed by atoms with van der Waals surface area (Å²) >= 11 is -1.21. The zero-order valence-electron chi connectivity index (χ0n) is 25.0. The van der Waals surface area contributed by atoms with Crippen LogP contribution in [0, 0.1) is 0 Å². The molecule has 1 atom stereocenters. The van der Waals surface area contributed by atoms with Crippen LogP contribution in [0.1, 0.15) is 37.9 Å². The minimum Gasteiger partial charge on any atom is -0.611 e. The molecule has 0 saturated heterocycles. The molecule has 3 aromatic carbocycles. The molecule has 0 saturated carbocycles. The molecule has 0 aliphatic heterocycles. The van der Waals surface area contributed by atoms with Crippen molar-refractivity contribution >= 4 is 28.8 Å². The molecule has 226 valence electrons. The lowest BCUT2D eigenvalue weighted by Crippen LogP contribution is -2.10.